The van der Waals surface area contributed by atoms with E-state index in [1.165, 1.54) is 135 Å². The maximum Gasteiger partial charge on any atom is 0.0541 e. The number of rotatable bonds is 3. The van der Waals surface area contributed by atoms with Gasteiger partial charge in [-0.2, -0.15) is 0 Å². The van der Waals surface area contributed by atoms with Gasteiger partial charge < -0.3 is 4.57 Å². The van der Waals surface area contributed by atoms with Crippen LogP contribution in [0.15, 0.2) is 212 Å². The Labute approximate surface area is 360 Å². The minimum absolute atomic E-state index is 1.19. The van der Waals surface area contributed by atoms with E-state index in [2.05, 4.69) is 217 Å². The molecule has 0 saturated carbocycles. The zero-order chi connectivity index (χ0) is 40.5. The van der Waals surface area contributed by atoms with E-state index in [0.717, 1.165) is 0 Å². The van der Waals surface area contributed by atoms with E-state index in [0.29, 0.717) is 0 Å². The van der Waals surface area contributed by atoms with Gasteiger partial charge in [-0.15, -0.1) is 11.3 Å². The van der Waals surface area contributed by atoms with Crippen molar-refractivity contribution < 1.29 is 0 Å². The predicted molar refractivity (Wildman–Crippen MR) is 270 cm³/mol. The molecule has 0 amide bonds. The number of hydrogen-bond acceptors (Lipinski definition) is 1. The SMILES string of the molecule is c1cc(-c2ccc3c(c2)c2ccccc2c2cc4c5ccccc5c5ccccc5c4cc32)cc(-c2cccc3c2sc2ccc(-n4c5ccccc5c5ccccc54)cc23)c1. The first-order chi connectivity index (χ1) is 30.7. The zero-order valence-electron chi connectivity index (χ0n) is 33.6. The second kappa shape index (κ2) is 12.9. The normalized spacial score (nSPS) is 12.2. The lowest BCUT2D eigenvalue weighted by Gasteiger charge is -2.16. The summed E-state index contributed by atoms with van der Waals surface area (Å²) in [4.78, 5) is 0. The first-order valence-corrected chi connectivity index (χ1v) is 22.2. The third-order valence-corrected chi connectivity index (χ3v) is 14.7. The van der Waals surface area contributed by atoms with Crippen LogP contribution in [0.3, 0.4) is 0 Å². The van der Waals surface area contributed by atoms with Crippen LogP contribution in [0.2, 0.25) is 0 Å². The van der Waals surface area contributed by atoms with Gasteiger partial charge in [0.05, 0.1) is 11.0 Å². The van der Waals surface area contributed by atoms with Gasteiger partial charge in [-0.05, 0) is 141 Å². The van der Waals surface area contributed by atoms with Gasteiger partial charge in [-0.1, -0.05) is 158 Å². The average Bonchev–Trinajstić information content (AvgIpc) is 3.89. The number of benzene rings is 12. The third kappa shape index (κ3) is 4.78. The first-order valence-electron chi connectivity index (χ1n) is 21.4. The van der Waals surface area contributed by atoms with Crippen molar-refractivity contribution in [1.82, 2.24) is 4.57 Å². The van der Waals surface area contributed by atoms with Gasteiger partial charge in [0.2, 0.25) is 0 Å². The van der Waals surface area contributed by atoms with E-state index in [9.17, 15) is 0 Å². The topological polar surface area (TPSA) is 4.93 Å². The van der Waals surface area contributed by atoms with E-state index >= 15 is 0 Å². The number of nitrogens with zero attached hydrogens (tertiary/aromatic N) is 1. The summed E-state index contributed by atoms with van der Waals surface area (Å²) in [7, 11) is 0. The molecule has 0 atom stereocenters. The maximum absolute atomic E-state index is 2.46. The van der Waals surface area contributed by atoms with Gasteiger partial charge >= 0.3 is 0 Å². The highest BCUT2D eigenvalue weighted by Crippen LogP contribution is 2.45. The molecule has 14 rings (SSSR count). The zero-order valence-corrected chi connectivity index (χ0v) is 34.4. The fraction of sp³-hybridized carbons (Fsp3) is 0. The third-order valence-electron chi connectivity index (χ3n) is 13.5. The van der Waals surface area contributed by atoms with E-state index in [-0.39, 0.29) is 0 Å². The Hall–Kier alpha value is -7.78. The summed E-state index contributed by atoms with van der Waals surface area (Å²) in [5.41, 5.74) is 8.60. The predicted octanol–water partition coefficient (Wildman–Crippen LogP) is 17.4. The smallest absolute Gasteiger partial charge is 0.0541 e. The first kappa shape index (κ1) is 34.0. The summed E-state index contributed by atoms with van der Waals surface area (Å²) >= 11 is 1.89. The van der Waals surface area contributed by atoms with Gasteiger partial charge in [0.25, 0.3) is 0 Å². The summed E-state index contributed by atoms with van der Waals surface area (Å²) in [6.45, 7) is 0. The Morgan fingerprint density at radius 3 is 1.31 bits per heavy atom. The minimum atomic E-state index is 1.19. The summed E-state index contributed by atoms with van der Waals surface area (Å²) in [5.74, 6) is 0. The average molecular weight is 802 g/mol. The molecule has 0 spiro atoms. The van der Waals surface area contributed by atoms with Crippen molar-refractivity contribution in [3.63, 3.8) is 0 Å². The van der Waals surface area contributed by atoms with Crippen molar-refractivity contribution in [2.24, 2.45) is 0 Å². The summed E-state index contributed by atoms with van der Waals surface area (Å²) in [6, 6.07) is 79.2. The molecule has 62 heavy (non-hydrogen) atoms. The van der Waals surface area contributed by atoms with Gasteiger partial charge in [0.1, 0.15) is 0 Å². The van der Waals surface area contributed by atoms with Crippen LogP contribution in [0.1, 0.15) is 0 Å². The highest BCUT2D eigenvalue weighted by Gasteiger charge is 2.18. The van der Waals surface area contributed by atoms with Crippen molar-refractivity contribution in [3.05, 3.63) is 212 Å². The molecule has 0 unspecified atom stereocenters. The van der Waals surface area contributed by atoms with Gasteiger partial charge in [0.15, 0.2) is 0 Å². The molecule has 0 saturated heterocycles. The van der Waals surface area contributed by atoms with Crippen molar-refractivity contribution in [2.45, 2.75) is 0 Å². The van der Waals surface area contributed by atoms with Crippen LogP contribution < -0.4 is 0 Å². The van der Waals surface area contributed by atoms with Crippen LogP contribution in [-0.2, 0) is 0 Å². The van der Waals surface area contributed by atoms with Gasteiger partial charge in [-0.25, -0.2) is 0 Å². The Balaban J connectivity index is 0.926. The lowest BCUT2D eigenvalue weighted by molar-refractivity contribution is 1.19. The van der Waals surface area contributed by atoms with Crippen LogP contribution >= 0.6 is 11.3 Å². The van der Waals surface area contributed by atoms with E-state index in [4.69, 9.17) is 0 Å². The largest absolute Gasteiger partial charge is 0.309 e. The summed E-state index contributed by atoms with van der Waals surface area (Å²) < 4.78 is 5.04. The lowest BCUT2D eigenvalue weighted by Crippen LogP contribution is -1.93. The molecule has 1 nitrogen and oxygen atoms in total. The molecule has 14 aromatic rings. The Bertz CT molecular complexity index is 4170. The van der Waals surface area contributed by atoms with Crippen LogP contribution in [0.25, 0.3) is 135 Å². The highest BCUT2D eigenvalue weighted by molar-refractivity contribution is 7.26. The van der Waals surface area contributed by atoms with Crippen molar-refractivity contribution in [3.8, 4) is 27.9 Å². The molecule has 12 aromatic carbocycles. The fourth-order valence-electron chi connectivity index (χ4n) is 10.8. The highest BCUT2D eigenvalue weighted by atomic mass is 32.1. The monoisotopic (exact) mass is 801 g/mol. The fourth-order valence-corrected chi connectivity index (χ4v) is 12.0. The van der Waals surface area contributed by atoms with E-state index < -0.39 is 0 Å². The van der Waals surface area contributed by atoms with Crippen molar-refractivity contribution in [2.75, 3.05) is 0 Å². The van der Waals surface area contributed by atoms with Crippen LogP contribution in [0, 0.1) is 0 Å². The van der Waals surface area contributed by atoms with Crippen LogP contribution in [-0.4, -0.2) is 4.57 Å². The summed E-state index contributed by atoms with van der Waals surface area (Å²) in [6.07, 6.45) is 0. The van der Waals surface area contributed by atoms with Crippen LogP contribution in [0.4, 0.5) is 0 Å². The van der Waals surface area contributed by atoms with Crippen LogP contribution in [0.5, 0.6) is 0 Å². The molecule has 2 heterocycles. The Kier molecular flexibility index (Phi) is 7.05. The number of aromatic nitrogens is 1. The molecule has 286 valence electrons. The van der Waals surface area contributed by atoms with Gasteiger partial charge in [0, 0.05) is 36.6 Å². The van der Waals surface area contributed by atoms with Crippen molar-refractivity contribution >= 4 is 118 Å². The van der Waals surface area contributed by atoms with E-state index in [1.54, 1.807) is 0 Å². The Morgan fingerprint density at radius 1 is 0.258 bits per heavy atom. The van der Waals surface area contributed by atoms with E-state index in [1.807, 2.05) is 11.3 Å². The van der Waals surface area contributed by atoms with Gasteiger partial charge in [-0.3, -0.25) is 0 Å². The number of thiophene rings is 1. The molecule has 0 radical (unpaired) electrons. The number of hydrogen-bond donors (Lipinski definition) is 0. The standard InChI is InChI=1S/C60H35NS/c1-3-17-43-41(15-1)42-16-2-4-18-44(42)53-35-55-47-29-27-37(32-51(47)45-19-5-6-20-46(45)54(55)34-52(43)53)36-13-11-14-38(31-36)40-23-12-24-50-56-33-39(28-30-59(56)62-60(40)50)61-57-25-9-7-21-48(57)49-22-8-10-26-58(49)61/h1-35H. The minimum Gasteiger partial charge on any atom is -0.309 e. The molecule has 0 aliphatic carbocycles. The molecule has 2 heteroatoms. The second-order valence-electron chi connectivity index (χ2n) is 16.8. The lowest BCUT2D eigenvalue weighted by atomic mass is 9.87. The molecule has 2 aromatic heterocycles. The number of fused-ring (bicyclic) bond motifs is 18. The molecule has 0 aliphatic heterocycles. The Morgan fingerprint density at radius 2 is 0.710 bits per heavy atom. The molecule has 0 fully saturated rings. The molecular weight excluding hydrogens is 767 g/mol. The maximum atomic E-state index is 2.46. The summed E-state index contributed by atoms with van der Waals surface area (Å²) in [5, 5.41) is 20.7. The second-order valence-corrected chi connectivity index (χ2v) is 17.8. The number of para-hydroxylation sites is 2. The molecule has 0 N–H and O–H groups in total. The quantitative estimate of drug-likeness (QED) is 0.124. The molecular formula is C60H35NS. The molecule has 0 bridgehead atoms. The molecule has 0 aliphatic rings. The van der Waals surface area contributed by atoms with Crippen molar-refractivity contribution in [1.29, 1.82) is 0 Å².